The maximum Gasteiger partial charge on any atom is 0.338 e. The Labute approximate surface area is 109 Å². The average Bonchev–Trinajstić information content (AvgIpc) is 2.40. The van der Waals surface area contributed by atoms with Gasteiger partial charge in [0, 0.05) is 10.5 Å². The van der Waals surface area contributed by atoms with Crippen molar-refractivity contribution in [1.29, 1.82) is 0 Å². The van der Waals surface area contributed by atoms with Crippen LogP contribution >= 0.6 is 0 Å². The van der Waals surface area contributed by atoms with E-state index in [1.807, 2.05) is 0 Å². The van der Waals surface area contributed by atoms with Crippen LogP contribution in [0.1, 0.15) is 12.5 Å². The number of hydrogen-bond acceptors (Lipinski definition) is 4. The lowest BCUT2D eigenvalue weighted by molar-refractivity contribution is -0.136. The summed E-state index contributed by atoms with van der Waals surface area (Å²) in [5, 5.41) is 3.18. The van der Waals surface area contributed by atoms with Crippen molar-refractivity contribution in [3.63, 3.8) is 0 Å². The van der Waals surface area contributed by atoms with Crippen LogP contribution in [0.2, 0.25) is 0 Å². The van der Waals surface area contributed by atoms with E-state index in [9.17, 15) is 9.18 Å². The van der Waals surface area contributed by atoms with Crippen LogP contribution in [0.15, 0.2) is 23.8 Å². The first kappa shape index (κ1) is 14.5. The maximum atomic E-state index is 13.9. The van der Waals surface area contributed by atoms with Gasteiger partial charge in [-0.1, -0.05) is 11.7 Å². The van der Waals surface area contributed by atoms with Gasteiger partial charge in [-0.25, -0.2) is 9.18 Å². The number of carbonyl (C=O) groups is 1. The van der Waals surface area contributed by atoms with Gasteiger partial charge in [0.2, 0.25) is 0 Å². The molecule has 0 bridgehead atoms. The Kier molecular flexibility index (Phi) is 4.91. The number of methoxy groups -OCH3 is 1. The normalized spacial score (nSPS) is 9.42. The number of nitrogens with zero attached hydrogens (tertiary/aromatic N) is 3. The van der Waals surface area contributed by atoms with E-state index in [4.69, 9.17) is 15.0 Å². The molecule has 0 fully saturated rings. The summed E-state index contributed by atoms with van der Waals surface area (Å²) in [6.45, 7) is 5.37. The molecule has 0 spiro atoms. The summed E-state index contributed by atoms with van der Waals surface area (Å²) in [4.78, 5) is 14.0. The van der Waals surface area contributed by atoms with Gasteiger partial charge in [0.05, 0.1) is 25.0 Å². The molecule has 1 aromatic rings. The first-order valence-electron chi connectivity index (χ1n) is 5.34. The average molecular weight is 265 g/mol. The Morgan fingerprint density at radius 2 is 2.26 bits per heavy atom. The molecule has 6 nitrogen and oxygen atoms in total. The molecule has 0 heterocycles. The molecule has 0 aromatic heterocycles. The number of hydrogen-bond donors (Lipinski definition) is 0. The van der Waals surface area contributed by atoms with Crippen LogP contribution in [0.25, 0.3) is 16.0 Å². The molecule has 0 amide bonds. The fourth-order valence-electron chi connectivity index (χ4n) is 1.44. The molecule has 0 aliphatic rings. The highest BCUT2D eigenvalue weighted by Gasteiger charge is 2.20. The van der Waals surface area contributed by atoms with Gasteiger partial charge in [-0.15, -0.1) is 0 Å². The van der Waals surface area contributed by atoms with Gasteiger partial charge >= 0.3 is 5.97 Å². The third kappa shape index (κ3) is 3.02. The Balaban J connectivity index is 3.30. The minimum absolute atomic E-state index is 0.0370. The smallest absolute Gasteiger partial charge is 0.338 e. The lowest BCUT2D eigenvalue weighted by atomic mass is 10.1. The topological polar surface area (TPSA) is 84.3 Å². The van der Waals surface area contributed by atoms with E-state index in [1.165, 1.54) is 19.2 Å². The zero-order valence-electron chi connectivity index (χ0n) is 10.5. The van der Waals surface area contributed by atoms with Crippen LogP contribution in [-0.2, 0) is 9.53 Å². The summed E-state index contributed by atoms with van der Waals surface area (Å²) in [6, 6.07) is 2.61. The number of carbonyl (C=O) groups excluding carboxylic acids is 1. The van der Waals surface area contributed by atoms with Gasteiger partial charge in [-0.2, -0.15) is 0 Å². The largest absolute Gasteiger partial charge is 0.493 e. The second-order valence-electron chi connectivity index (χ2n) is 3.37. The van der Waals surface area contributed by atoms with E-state index in [0.717, 1.165) is 0 Å². The maximum absolute atomic E-state index is 13.9. The molecule has 0 atom stereocenters. The lowest BCUT2D eigenvalue weighted by Gasteiger charge is -2.12. The number of esters is 1. The summed E-state index contributed by atoms with van der Waals surface area (Å²) in [7, 11) is 1.24. The van der Waals surface area contributed by atoms with Crippen molar-refractivity contribution in [3.8, 4) is 5.75 Å². The van der Waals surface area contributed by atoms with Crippen molar-refractivity contribution in [2.45, 2.75) is 6.92 Å². The molecule has 0 aliphatic carbocycles. The second kappa shape index (κ2) is 6.42. The van der Waals surface area contributed by atoms with Gasteiger partial charge < -0.3 is 9.47 Å². The quantitative estimate of drug-likeness (QED) is 0.269. The number of rotatable bonds is 5. The van der Waals surface area contributed by atoms with E-state index in [-0.39, 0.29) is 29.2 Å². The Bertz CT molecular complexity index is 566. The van der Waals surface area contributed by atoms with E-state index in [1.54, 1.807) is 6.92 Å². The van der Waals surface area contributed by atoms with Crippen LogP contribution in [-0.4, -0.2) is 19.7 Å². The van der Waals surface area contributed by atoms with Crippen molar-refractivity contribution >= 4 is 17.2 Å². The summed E-state index contributed by atoms with van der Waals surface area (Å²) in [5.41, 5.74) is 8.19. The van der Waals surface area contributed by atoms with Crippen LogP contribution in [0, 0.1) is 5.82 Å². The highest BCUT2D eigenvalue weighted by molar-refractivity contribution is 6.16. The monoisotopic (exact) mass is 265 g/mol. The first-order valence-corrected chi connectivity index (χ1v) is 5.34. The van der Waals surface area contributed by atoms with Gasteiger partial charge in [0.1, 0.15) is 0 Å². The summed E-state index contributed by atoms with van der Waals surface area (Å²) in [6.07, 6.45) is 0. The zero-order chi connectivity index (χ0) is 14.4. The van der Waals surface area contributed by atoms with Crippen LogP contribution < -0.4 is 4.74 Å². The van der Waals surface area contributed by atoms with E-state index in [0.29, 0.717) is 0 Å². The number of halogens is 1. The molecule has 0 radical (unpaired) electrons. The molecule has 1 rings (SSSR count). The third-order valence-electron chi connectivity index (χ3n) is 2.28. The Hall–Kier alpha value is -2.53. The van der Waals surface area contributed by atoms with Crippen LogP contribution in [0.4, 0.5) is 10.1 Å². The van der Waals surface area contributed by atoms with Crippen molar-refractivity contribution in [2.75, 3.05) is 13.7 Å². The molecule has 0 saturated carbocycles. The SMILES string of the molecule is C=C(C(=O)OCC)c1ccc(N=[N+]=[N-])c(F)c1OC. The highest BCUT2D eigenvalue weighted by Crippen LogP contribution is 2.34. The lowest BCUT2D eigenvalue weighted by Crippen LogP contribution is -2.07. The number of azide groups is 1. The van der Waals surface area contributed by atoms with Crippen molar-refractivity contribution in [3.05, 3.63) is 40.5 Å². The van der Waals surface area contributed by atoms with E-state index >= 15 is 0 Å². The minimum Gasteiger partial charge on any atom is -0.493 e. The van der Waals surface area contributed by atoms with Gasteiger partial charge in [0.25, 0.3) is 0 Å². The zero-order valence-corrected chi connectivity index (χ0v) is 10.5. The van der Waals surface area contributed by atoms with Crippen LogP contribution in [0.3, 0.4) is 0 Å². The Morgan fingerprint density at radius 3 is 2.79 bits per heavy atom. The minimum atomic E-state index is -0.858. The standard InChI is InChI=1S/C12H12FN3O3/c1-4-19-12(17)7(2)8-5-6-9(15-16-14)10(13)11(8)18-3/h5-6H,2,4H2,1,3H3. The van der Waals surface area contributed by atoms with Gasteiger partial charge in [-0.3, -0.25) is 0 Å². The van der Waals surface area contributed by atoms with Crippen LogP contribution in [0.5, 0.6) is 5.75 Å². The molecule has 0 saturated heterocycles. The fraction of sp³-hybridized carbons (Fsp3) is 0.250. The number of ether oxygens (including phenoxy) is 2. The molecule has 0 unspecified atom stereocenters. The molecular weight excluding hydrogens is 253 g/mol. The summed E-state index contributed by atoms with van der Waals surface area (Å²) >= 11 is 0. The molecule has 1 aromatic carbocycles. The summed E-state index contributed by atoms with van der Waals surface area (Å²) < 4.78 is 23.6. The van der Waals surface area contributed by atoms with Gasteiger partial charge in [0.15, 0.2) is 11.6 Å². The fourth-order valence-corrected chi connectivity index (χ4v) is 1.44. The Morgan fingerprint density at radius 1 is 1.58 bits per heavy atom. The number of benzene rings is 1. The predicted molar refractivity (Wildman–Crippen MR) is 67.4 cm³/mol. The van der Waals surface area contributed by atoms with Crippen molar-refractivity contribution < 1.29 is 18.7 Å². The molecule has 7 heteroatoms. The van der Waals surface area contributed by atoms with Crippen molar-refractivity contribution in [1.82, 2.24) is 0 Å². The van der Waals surface area contributed by atoms with Crippen molar-refractivity contribution in [2.24, 2.45) is 5.11 Å². The molecular formula is C12H12FN3O3. The predicted octanol–water partition coefficient (Wildman–Crippen LogP) is 3.35. The molecule has 19 heavy (non-hydrogen) atoms. The molecule has 0 aliphatic heterocycles. The highest BCUT2D eigenvalue weighted by atomic mass is 19.1. The third-order valence-corrected chi connectivity index (χ3v) is 2.28. The first-order chi connectivity index (χ1) is 9.06. The molecule has 0 N–H and O–H groups in total. The summed E-state index contributed by atoms with van der Waals surface area (Å²) in [5.74, 6) is -1.75. The van der Waals surface area contributed by atoms with E-state index < -0.39 is 11.8 Å². The second-order valence-corrected chi connectivity index (χ2v) is 3.37. The van der Waals surface area contributed by atoms with E-state index in [2.05, 4.69) is 16.6 Å². The molecule has 100 valence electrons. The van der Waals surface area contributed by atoms with Gasteiger partial charge in [-0.05, 0) is 24.6 Å².